The van der Waals surface area contributed by atoms with Crippen molar-refractivity contribution >= 4 is 23.2 Å². The number of anilines is 2. The summed E-state index contributed by atoms with van der Waals surface area (Å²) in [5.41, 5.74) is 0.923. The number of hydrogen-bond acceptors (Lipinski definition) is 3. The van der Waals surface area contributed by atoms with Crippen LogP contribution in [-0.2, 0) is 9.59 Å². The van der Waals surface area contributed by atoms with Gasteiger partial charge >= 0.3 is 0 Å². The number of ether oxygens (including phenoxy) is 1. The van der Waals surface area contributed by atoms with Crippen molar-refractivity contribution in [3.63, 3.8) is 0 Å². The first-order chi connectivity index (χ1) is 13.7. The Bertz CT molecular complexity index is 706. The minimum Gasteiger partial charge on any atom is -0.490 e. The van der Waals surface area contributed by atoms with Gasteiger partial charge in [0.25, 0.3) is 0 Å². The summed E-state index contributed by atoms with van der Waals surface area (Å²) in [5.74, 6) is 1.35. The van der Waals surface area contributed by atoms with Crippen molar-refractivity contribution < 1.29 is 14.3 Å². The van der Waals surface area contributed by atoms with Crippen LogP contribution in [0.25, 0.3) is 0 Å². The molecule has 0 bridgehead atoms. The molecule has 0 aromatic heterocycles. The van der Waals surface area contributed by atoms with Gasteiger partial charge in [0.2, 0.25) is 11.8 Å². The highest BCUT2D eigenvalue weighted by molar-refractivity contribution is 6.00. The first-order valence-electron chi connectivity index (χ1n) is 11.1. The van der Waals surface area contributed by atoms with Crippen molar-refractivity contribution in [2.75, 3.05) is 23.4 Å². The second-order valence-corrected chi connectivity index (χ2v) is 9.26. The summed E-state index contributed by atoms with van der Waals surface area (Å²) in [7, 11) is 0. The Morgan fingerprint density at radius 2 is 1.83 bits per heavy atom. The molecule has 29 heavy (non-hydrogen) atoms. The number of nitrogens with one attached hydrogen (secondary N) is 1. The zero-order valence-electron chi connectivity index (χ0n) is 19.0. The predicted molar refractivity (Wildman–Crippen MR) is 119 cm³/mol. The first-order valence-corrected chi connectivity index (χ1v) is 11.1. The lowest BCUT2D eigenvalue weighted by atomic mass is 9.92. The lowest BCUT2D eigenvalue weighted by Gasteiger charge is -2.28. The summed E-state index contributed by atoms with van der Waals surface area (Å²) in [5, 5.41) is 3.06. The van der Waals surface area contributed by atoms with E-state index in [-0.39, 0.29) is 17.7 Å². The molecule has 5 heteroatoms. The van der Waals surface area contributed by atoms with Gasteiger partial charge < -0.3 is 15.0 Å². The Balaban J connectivity index is 2.27. The molecule has 0 spiro atoms. The molecule has 0 saturated heterocycles. The number of fused-ring (bicyclic) bond motifs is 1. The minimum atomic E-state index is -0.591. The first kappa shape index (κ1) is 23.2. The van der Waals surface area contributed by atoms with E-state index in [0.717, 1.165) is 43.5 Å². The Hall–Kier alpha value is -2.04. The summed E-state index contributed by atoms with van der Waals surface area (Å²) in [4.78, 5) is 27.7. The predicted octanol–water partition coefficient (Wildman–Crippen LogP) is 5.64. The van der Waals surface area contributed by atoms with Gasteiger partial charge in [-0.15, -0.1) is 0 Å². The highest BCUT2D eigenvalue weighted by Gasteiger charge is 2.37. The molecule has 2 rings (SSSR count). The van der Waals surface area contributed by atoms with E-state index in [9.17, 15) is 9.59 Å². The van der Waals surface area contributed by atoms with E-state index in [4.69, 9.17) is 4.74 Å². The van der Waals surface area contributed by atoms with Crippen molar-refractivity contribution in [3.8, 4) is 5.75 Å². The van der Waals surface area contributed by atoms with Gasteiger partial charge in [0, 0.05) is 24.2 Å². The Kier molecular flexibility index (Phi) is 8.12. The fourth-order valence-electron chi connectivity index (χ4n) is 3.68. The second kappa shape index (κ2) is 10.1. The smallest absolute Gasteiger partial charge is 0.236 e. The quantitative estimate of drug-likeness (QED) is 0.581. The van der Waals surface area contributed by atoms with E-state index in [1.54, 1.807) is 0 Å². The highest BCUT2D eigenvalue weighted by atomic mass is 16.5. The maximum absolute atomic E-state index is 13.1. The molecular formula is C24H38N2O3. The summed E-state index contributed by atoms with van der Waals surface area (Å²) in [6, 6.07) is 5.64. The van der Waals surface area contributed by atoms with E-state index in [2.05, 4.69) is 33.0 Å². The molecule has 5 nitrogen and oxygen atoms in total. The average molecular weight is 403 g/mol. The highest BCUT2D eigenvalue weighted by Crippen LogP contribution is 2.38. The molecular weight excluding hydrogens is 364 g/mol. The van der Waals surface area contributed by atoms with Gasteiger partial charge in [0.15, 0.2) is 0 Å². The molecule has 0 radical (unpaired) electrons. The van der Waals surface area contributed by atoms with Gasteiger partial charge in [0.1, 0.15) is 12.4 Å². The number of hydrogen-bond donors (Lipinski definition) is 1. The van der Waals surface area contributed by atoms with Crippen LogP contribution in [0.3, 0.4) is 0 Å². The topological polar surface area (TPSA) is 58.6 Å². The molecule has 162 valence electrons. The third kappa shape index (κ3) is 5.97. The van der Waals surface area contributed by atoms with Gasteiger partial charge in [-0.3, -0.25) is 9.59 Å². The zero-order chi connectivity index (χ0) is 21.6. The lowest BCUT2D eigenvalue weighted by Crippen LogP contribution is -2.42. The molecule has 2 amide bonds. The van der Waals surface area contributed by atoms with E-state index < -0.39 is 5.41 Å². The van der Waals surface area contributed by atoms with Crippen molar-refractivity contribution in [3.05, 3.63) is 18.2 Å². The Labute approximate surface area is 176 Å². The number of nitrogens with zero attached hydrogens (tertiary/aromatic N) is 1. The van der Waals surface area contributed by atoms with E-state index in [0.29, 0.717) is 24.8 Å². The third-order valence-electron chi connectivity index (χ3n) is 5.51. The number of amides is 2. The molecule has 1 aliphatic rings. The van der Waals surface area contributed by atoms with E-state index in [1.165, 1.54) is 0 Å². The molecule has 1 N–H and O–H groups in total. The summed E-state index contributed by atoms with van der Waals surface area (Å²) < 4.78 is 6.04. The fourth-order valence-corrected chi connectivity index (χ4v) is 3.68. The van der Waals surface area contributed by atoms with Gasteiger partial charge in [-0.25, -0.2) is 0 Å². The molecule has 1 aromatic rings. The minimum absolute atomic E-state index is 0.0350. The standard InChI is InChI=1S/C24H38N2O3/c1-7-9-18(10-8-2)22(27)25-19-11-12-20-21(15-19)29-16-24(5,6)23(28)26(20)14-13-17(3)4/h11-12,15,17-18H,7-10,13-14,16H2,1-6H3,(H,25,27). The molecule has 0 aliphatic carbocycles. The van der Waals surface area contributed by atoms with Crippen LogP contribution in [0.5, 0.6) is 5.75 Å². The van der Waals surface area contributed by atoms with E-state index >= 15 is 0 Å². The zero-order valence-corrected chi connectivity index (χ0v) is 19.0. The lowest BCUT2D eigenvalue weighted by molar-refractivity contribution is -0.127. The van der Waals surface area contributed by atoms with Crippen LogP contribution in [0, 0.1) is 17.3 Å². The van der Waals surface area contributed by atoms with Crippen LogP contribution in [0.1, 0.15) is 73.6 Å². The van der Waals surface area contributed by atoms with Crippen molar-refractivity contribution in [1.29, 1.82) is 0 Å². The van der Waals surface area contributed by atoms with Gasteiger partial charge in [-0.2, -0.15) is 0 Å². The number of benzene rings is 1. The molecule has 0 atom stereocenters. The molecule has 0 saturated carbocycles. The van der Waals surface area contributed by atoms with Gasteiger partial charge in [-0.05, 0) is 51.2 Å². The largest absolute Gasteiger partial charge is 0.490 e. The molecule has 1 aromatic carbocycles. The van der Waals surface area contributed by atoms with Crippen molar-refractivity contribution in [2.45, 2.75) is 73.6 Å². The van der Waals surface area contributed by atoms with Crippen LogP contribution in [0.4, 0.5) is 11.4 Å². The van der Waals surface area contributed by atoms with Crippen molar-refractivity contribution in [2.24, 2.45) is 17.3 Å². The average Bonchev–Trinajstić information content (AvgIpc) is 2.75. The monoisotopic (exact) mass is 402 g/mol. The molecule has 0 unspecified atom stereocenters. The number of rotatable bonds is 9. The Morgan fingerprint density at radius 1 is 1.17 bits per heavy atom. The van der Waals surface area contributed by atoms with E-state index in [1.807, 2.05) is 36.9 Å². The Morgan fingerprint density at radius 3 is 2.41 bits per heavy atom. The van der Waals surface area contributed by atoms with Crippen LogP contribution < -0.4 is 15.0 Å². The normalized spacial score (nSPS) is 15.9. The van der Waals surface area contributed by atoms with Gasteiger partial charge in [-0.1, -0.05) is 40.5 Å². The second-order valence-electron chi connectivity index (χ2n) is 9.26. The fraction of sp³-hybridized carbons (Fsp3) is 0.667. The molecule has 0 fully saturated rings. The molecule has 1 aliphatic heterocycles. The SMILES string of the molecule is CCCC(CCC)C(=O)Nc1ccc2c(c1)OCC(C)(C)C(=O)N2CCC(C)C. The third-order valence-corrected chi connectivity index (χ3v) is 5.51. The van der Waals surface area contributed by atoms with Crippen LogP contribution in [0.2, 0.25) is 0 Å². The van der Waals surface area contributed by atoms with Gasteiger partial charge in [0.05, 0.1) is 11.1 Å². The summed E-state index contributed by atoms with van der Waals surface area (Å²) in [6.45, 7) is 13.4. The maximum atomic E-state index is 13.1. The summed E-state index contributed by atoms with van der Waals surface area (Å²) >= 11 is 0. The van der Waals surface area contributed by atoms with Crippen LogP contribution in [0.15, 0.2) is 18.2 Å². The maximum Gasteiger partial charge on any atom is 0.236 e. The number of carbonyl (C=O) groups excluding carboxylic acids is 2. The number of carbonyl (C=O) groups is 2. The summed E-state index contributed by atoms with van der Waals surface area (Å²) in [6.07, 6.45) is 4.70. The van der Waals surface area contributed by atoms with Crippen LogP contribution in [-0.4, -0.2) is 25.0 Å². The van der Waals surface area contributed by atoms with Crippen molar-refractivity contribution in [1.82, 2.24) is 0 Å². The molecule has 1 heterocycles. The van der Waals surface area contributed by atoms with Crippen LogP contribution >= 0.6 is 0 Å².